The molecule has 0 radical (unpaired) electrons. The van der Waals surface area contributed by atoms with Crippen molar-refractivity contribution in [3.05, 3.63) is 57.6 Å². The number of hydrogen-bond acceptors (Lipinski definition) is 4. The highest BCUT2D eigenvalue weighted by Crippen LogP contribution is 2.43. The van der Waals surface area contributed by atoms with Crippen LogP contribution >= 0.6 is 23.2 Å². The molecule has 0 spiro atoms. The standard InChI is InChI=1S/C23H24Cl2N2O3/c24-14-9-19-18(20(25)10-14)12-21(26-8-6-16(28)13-26)23(19)30-17-4-1-3-15(11-17)27-7-2-5-22(27)29/h1,3-4,9-11,16,21,23,28H,2,5-8,12-13H2/t16?,21-,23-/m0/s1. The molecule has 1 unspecified atom stereocenters. The van der Waals surface area contributed by atoms with Crippen LogP contribution in [0.4, 0.5) is 5.69 Å². The van der Waals surface area contributed by atoms with Crippen molar-refractivity contribution in [3.63, 3.8) is 0 Å². The van der Waals surface area contributed by atoms with Crippen molar-refractivity contribution < 1.29 is 14.6 Å². The molecule has 2 fully saturated rings. The summed E-state index contributed by atoms with van der Waals surface area (Å²) < 4.78 is 6.53. The Morgan fingerprint density at radius 3 is 2.73 bits per heavy atom. The van der Waals surface area contributed by atoms with Gasteiger partial charge in [0.2, 0.25) is 5.91 Å². The molecule has 0 aromatic heterocycles. The van der Waals surface area contributed by atoms with Crippen molar-refractivity contribution in [3.8, 4) is 5.75 Å². The summed E-state index contributed by atoms with van der Waals surface area (Å²) in [5.41, 5.74) is 2.93. The molecule has 0 saturated carbocycles. The highest BCUT2D eigenvalue weighted by molar-refractivity contribution is 6.35. The maximum absolute atomic E-state index is 12.2. The van der Waals surface area contributed by atoms with Crippen LogP contribution in [0, 0.1) is 0 Å². The number of carbonyl (C=O) groups excluding carboxylic acids is 1. The predicted octanol–water partition coefficient (Wildman–Crippen LogP) is 4.23. The molecule has 1 N–H and O–H groups in total. The van der Waals surface area contributed by atoms with E-state index in [2.05, 4.69) is 4.90 Å². The van der Waals surface area contributed by atoms with Gasteiger partial charge < -0.3 is 14.7 Å². The molecule has 2 heterocycles. The lowest BCUT2D eigenvalue weighted by Crippen LogP contribution is -2.39. The molecule has 2 aliphatic heterocycles. The molecule has 1 aliphatic carbocycles. The van der Waals surface area contributed by atoms with Gasteiger partial charge in [-0.05, 0) is 49.1 Å². The van der Waals surface area contributed by atoms with Gasteiger partial charge in [0.15, 0.2) is 0 Å². The molecule has 7 heteroatoms. The number of hydrogen-bond donors (Lipinski definition) is 1. The molecule has 0 bridgehead atoms. The second-order valence-corrected chi connectivity index (χ2v) is 9.19. The molecule has 3 aliphatic rings. The van der Waals surface area contributed by atoms with E-state index in [0.717, 1.165) is 49.2 Å². The van der Waals surface area contributed by atoms with Gasteiger partial charge in [-0.3, -0.25) is 9.69 Å². The van der Waals surface area contributed by atoms with E-state index in [0.29, 0.717) is 28.8 Å². The van der Waals surface area contributed by atoms with Crippen LogP contribution in [-0.4, -0.2) is 47.7 Å². The van der Waals surface area contributed by atoms with Crippen molar-refractivity contribution in [2.45, 2.75) is 43.9 Å². The third-order valence-electron chi connectivity index (χ3n) is 6.39. The summed E-state index contributed by atoms with van der Waals surface area (Å²) in [6.07, 6.45) is 2.45. The number of benzene rings is 2. The average Bonchev–Trinajstić information content (AvgIpc) is 3.42. The quantitative estimate of drug-likeness (QED) is 0.763. The molecule has 2 aromatic rings. The first kappa shape index (κ1) is 20.1. The summed E-state index contributed by atoms with van der Waals surface area (Å²) in [6, 6.07) is 11.5. The van der Waals surface area contributed by atoms with Gasteiger partial charge in [0.05, 0.1) is 12.1 Å². The molecule has 5 rings (SSSR count). The number of nitrogens with zero attached hydrogens (tertiary/aromatic N) is 2. The molecule has 2 aromatic carbocycles. The summed E-state index contributed by atoms with van der Waals surface area (Å²) in [4.78, 5) is 16.3. The summed E-state index contributed by atoms with van der Waals surface area (Å²) in [5, 5.41) is 11.3. The SMILES string of the molecule is O=C1CCCN1c1cccc(O[C@H]2c3cc(Cl)cc(Cl)c3C[C@@H]2N2CCC(O)C2)c1. The third-order valence-corrected chi connectivity index (χ3v) is 6.95. The number of aliphatic hydroxyl groups excluding tert-OH is 1. The van der Waals surface area contributed by atoms with E-state index in [-0.39, 0.29) is 24.2 Å². The van der Waals surface area contributed by atoms with Crippen molar-refractivity contribution in [2.75, 3.05) is 24.5 Å². The van der Waals surface area contributed by atoms with Gasteiger partial charge in [-0.15, -0.1) is 0 Å². The number of amides is 1. The summed E-state index contributed by atoms with van der Waals surface area (Å²) in [6.45, 7) is 2.20. The zero-order valence-electron chi connectivity index (χ0n) is 16.6. The summed E-state index contributed by atoms with van der Waals surface area (Å²) in [7, 11) is 0. The van der Waals surface area contributed by atoms with Crippen molar-refractivity contribution >= 4 is 34.8 Å². The average molecular weight is 447 g/mol. The van der Waals surface area contributed by atoms with Gasteiger partial charge >= 0.3 is 0 Å². The molecule has 30 heavy (non-hydrogen) atoms. The fourth-order valence-corrected chi connectivity index (χ4v) is 5.53. The van der Waals surface area contributed by atoms with E-state index in [4.69, 9.17) is 27.9 Å². The van der Waals surface area contributed by atoms with E-state index < -0.39 is 0 Å². The van der Waals surface area contributed by atoms with Crippen LogP contribution in [0.15, 0.2) is 36.4 Å². The van der Waals surface area contributed by atoms with Crippen molar-refractivity contribution in [1.29, 1.82) is 0 Å². The fourth-order valence-electron chi connectivity index (χ4n) is 4.94. The van der Waals surface area contributed by atoms with Gasteiger partial charge in [-0.2, -0.15) is 0 Å². The first-order valence-electron chi connectivity index (χ1n) is 10.5. The van der Waals surface area contributed by atoms with Gasteiger partial charge in [0, 0.05) is 53.4 Å². The zero-order chi connectivity index (χ0) is 20.8. The minimum atomic E-state index is -0.307. The second-order valence-electron chi connectivity index (χ2n) is 8.35. The van der Waals surface area contributed by atoms with Crippen LogP contribution in [0.3, 0.4) is 0 Å². The molecule has 2 saturated heterocycles. The lowest BCUT2D eigenvalue weighted by Gasteiger charge is -2.30. The number of carbonyl (C=O) groups is 1. The number of anilines is 1. The minimum absolute atomic E-state index is 0.0743. The van der Waals surface area contributed by atoms with E-state index in [1.54, 1.807) is 6.07 Å². The Kier molecular flexibility index (Phi) is 5.40. The Morgan fingerprint density at radius 2 is 2.00 bits per heavy atom. The number of likely N-dealkylation sites (tertiary alicyclic amines) is 1. The Labute approximate surface area is 186 Å². The lowest BCUT2D eigenvalue weighted by molar-refractivity contribution is -0.117. The van der Waals surface area contributed by atoms with Crippen LogP contribution in [0.2, 0.25) is 10.0 Å². The molecule has 158 valence electrons. The van der Waals surface area contributed by atoms with Crippen molar-refractivity contribution in [2.24, 2.45) is 0 Å². The van der Waals surface area contributed by atoms with Crippen LogP contribution in [0.25, 0.3) is 0 Å². The van der Waals surface area contributed by atoms with Crippen LogP contribution in [0.5, 0.6) is 5.75 Å². The topological polar surface area (TPSA) is 53.0 Å². The van der Waals surface area contributed by atoms with E-state index in [9.17, 15) is 9.90 Å². The van der Waals surface area contributed by atoms with E-state index >= 15 is 0 Å². The maximum atomic E-state index is 12.2. The van der Waals surface area contributed by atoms with Gasteiger partial charge in [0.1, 0.15) is 11.9 Å². The van der Waals surface area contributed by atoms with E-state index in [1.807, 2.05) is 35.2 Å². The van der Waals surface area contributed by atoms with Crippen LogP contribution < -0.4 is 9.64 Å². The lowest BCUT2D eigenvalue weighted by atomic mass is 10.1. The third kappa shape index (κ3) is 3.69. The van der Waals surface area contributed by atoms with Gasteiger partial charge in [-0.25, -0.2) is 0 Å². The number of β-amino-alcohol motifs (C(OH)–C–C–N with tert-alkyl or cyclic N) is 1. The summed E-state index contributed by atoms with van der Waals surface area (Å²) >= 11 is 12.8. The fraction of sp³-hybridized carbons (Fsp3) is 0.435. The Balaban J connectivity index is 1.47. The first-order valence-corrected chi connectivity index (χ1v) is 11.2. The Hall–Kier alpha value is -1.79. The number of aliphatic hydroxyl groups is 1. The van der Waals surface area contributed by atoms with Crippen molar-refractivity contribution in [1.82, 2.24) is 4.90 Å². The minimum Gasteiger partial charge on any atom is -0.484 e. The number of ether oxygens (including phenoxy) is 1. The Morgan fingerprint density at radius 1 is 1.13 bits per heavy atom. The molecule has 3 atom stereocenters. The second kappa shape index (κ2) is 8.04. The molecular formula is C23H24Cl2N2O3. The predicted molar refractivity (Wildman–Crippen MR) is 118 cm³/mol. The van der Waals surface area contributed by atoms with Gasteiger partial charge in [0.25, 0.3) is 0 Å². The number of fused-ring (bicyclic) bond motifs is 1. The zero-order valence-corrected chi connectivity index (χ0v) is 18.1. The highest BCUT2D eigenvalue weighted by Gasteiger charge is 2.41. The molecular weight excluding hydrogens is 423 g/mol. The monoisotopic (exact) mass is 446 g/mol. The maximum Gasteiger partial charge on any atom is 0.227 e. The van der Waals surface area contributed by atoms with Crippen LogP contribution in [-0.2, 0) is 11.2 Å². The highest BCUT2D eigenvalue weighted by atomic mass is 35.5. The smallest absolute Gasteiger partial charge is 0.227 e. The van der Waals surface area contributed by atoms with Crippen LogP contribution in [0.1, 0.15) is 36.5 Å². The Bertz CT molecular complexity index is 983. The summed E-state index contributed by atoms with van der Waals surface area (Å²) in [5.74, 6) is 0.867. The first-order chi connectivity index (χ1) is 14.5. The van der Waals surface area contributed by atoms with E-state index in [1.165, 1.54) is 0 Å². The molecule has 5 nitrogen and oxygen atoms in total. The molecule has 1 amide bonds. The number of halogens is 2. The normalized spacial score (nSPS) is 26.4. The van der Waals surface area contributed by atoms with Gasteiger partial charge in [-0.1, -0.05) is 29.3 Å². The largest absolute Gasteiger partial charge is 0.484 e. The number of rotatable bonds is 4.